The highest BCUT2D eigenvalue weighted by molar-refractivity contribution is 8.00. The zero-order valence-corrected chi connectivity index (χ0v) is 15.7. The van der Waals surface area contributed by atoms with Crippen molar-refractivity contribution in [1.29, 1.82) is 0 Å². The summed E-state index contributed by atoms with van der Waals surface area (Å²) in [5.41, 5.74) is 2.00. The molecule has 2 heterocycles. The minimum Gasteiger partial charge on any atom is -0.311 e. The summed E-state index contributed by atoms with van der Waals surface area (Å²) in [5.74, 6) is 0.151. The highest BCUT2D eigenvalue weighted by Crippen LogP contribution is 2.37. The van der Waals surface area contributed by atoms with Gasteiger partial charge in [0.2, 0.25) is 5.91 Å². The Bertz CT molecular complexity index is 781. The molecule has 4 nitrogen and oxygen atoms in total. The Hall–Kier alpha value is -1.53. The number of benzene rings is 1. The fraction of sp³-hybridized carbons (Fsp3) is 0.444. The van der Waals surface area contributed by atoms with Crippen molar-refractivity contribution in [2.45, 2.75) is 49.8 Å². The van der Waals surface area contributed by atoms with Crippen LogP contribution in [0.2, 0.25) is 0 Å². The number of fused-ring (bicyclic) bond motifs is 1. The number of aromatic nitrogens is 1. The molecule has 0 N–H and O–H groups in total. The summed E-state index contributed by atoms with van der Waals surface area (Å²) in [6, 6.07) is 8.14. The Kier molecular flexibility index (Phi) is 5.46. The molecule has 0 unspecified atom stereocenters. The summed E-state index contributed by atoms with van der Waals surface area (Å²) in [6.07, 6.45) is 2.15. The monoisotopic (exact) mass is 362 g/mol. The lowest BCUT2D eigenvalue weighted by Crippen LogP contribution is -2.32. The number of carbonyl (C=O) groups is 1. The topological polar surface area (TPSA) is 42.3 Å². The predicted molar refractivity (Wildman–Crippen MR) is 101 cm³/mol. The number of hydrogen-bond donors (Lipinski definition) is 0. The first kappa shape index (κ1) is 17.3. The SMILES string of the molecule is Cc1csc(=O)n1CCCC(=O)N1CC[C@@H](C)Sc2ccccc21. The van der Waals surface area contributed by atoms with Gasteiger partial charge in [-0.2, -0.15) is 0 Å². The molecule has 0 bridgehead atoms. The number of thioether (sulfide) groups is 1. The first-order valence-electron chi connectivity index (χ1n) is 8.27. The molecule has 1 amide bonds. The average molecular weight is 363 g/mol. The summed E-state index contributed by atoms with van der Waals surface area (Å²) in [5, 5.41) is 2.38. The van der Waals surface area contributed by atoms with Crippen molar-refractivity contribution in [2.75, 3.05) is 11.4 Å². The van der Waals surface area contributed by atoms with E-state index in [2.05, 4.69) is 13.0 Å². The van der Waals surface area contributed by atoms with Gasteiger partial charge in [0.05, 0.1) is 5.69 Å². The van der Waals surface area contributed by atoms with Crippen LogP contribution in [-0.2, 0) is 11.3 Å². The first-order chi connectivity index (χ1) is 11.6. The maximum atomic E-state index is 12.8. The molecule has 6 heteroatoms. The largest absolute Gasteiger partial charge is 0.311 e. The van der Waals surface area contributed by atoms with Gasteiger partial charge in [-0.15, -0.1) is 11.8 Å². The maximum Gasteiger partial charge on any atom is 0.307 e. The third-order valence-electron chi connectivity index (χ3n) is 4.29. The molecule has 0 radical (unpaired) electrons. The molecule has 3 rings (SSSR count). The second kappa shape index (κ2) is 7.57. The molecule has 2 aromatic rings. The molecule has 1 aromatic carbocycles. The molecular weight excluding hydrogens is 340 g/mol. The van der Waals surface area contributed by atoms with E-state index in [0.717, 1.165) is 24.3 Å². The molecule has 1 aliphatic rings. The van der Waals surface area contributed by atoms with Gasteiger partial charge in [-0.25, -0.2) is 0 Å². The number of thiazole rings is 1. The number of amides is 1. The Balaban J connectivity index is 1.67. The van der Waals surface area contributed by atoms with Crippen LogP contribution in [0.25, 0.3) is 0 Å². The number of para-hydroxylation sites is 1. The summed E-state index contributed by atoms with van der Waals surface area (Å²) in [6.45, 7) is 5.52. The predicted octanol–water partition coefficient (Wildman–Crippen LogP) is 3.92. The van der Waals surface area contributed by atoms with E-state index < -0.39 is 0 Å². The lowest BCUT2D eigenvalue weighted by Gasteiger charge is -2.22. The molecule has 24 heavy (non-hydrogen) atoms. The van der Waals surface area contributed by atoms with Crippen molar-refractivity contribution in [3.8, 4) is 0 Å². The molecule has 0 aliphatic carbocycles. The van der Waals surface area contributed by atoms with Gasteiger partial charge in [-0.05, 0) is 31.9 Å². The normalized spacial score (nSPS) is 17.4. The van der Waals surface area contributed by atoms with E-state index in [1.165, 1.54) is 16.2 Å². The number of hydrogen-bond acceptors (Lipinski definition) is 4. The van der Waals surface area contributed by atoms with E-state index >= 15 is 0 Å². The molecule has 0 saturated carbocycles. The van der Waals surface area contributed by atoms with Gasteiger partial charge >= 0.3 is 4.87 Å². The maximum absolute atomic E-state index is 12.8. The summed E-state index contributed by atoms with van der Waals surface area (Å²) < 4.78 is 1.76. The van der Waals surface area contributed by atoms with E-state index in [9.17, 15) is 9.59 Å². The third kappa shape index (κ3) is 3.75. The van der Waals surface area contributed by atoms with Gasteiger partial charge in [0, 0.05) is 40.7 Å². The summed E-state index contributed by atoms with van der Waals surface area (Å²) in [4.78, 5) is 27.7. The fourth-order valence-corrected chi connectivity index (χ4v) is 4.82. The molecule has 1 aromatic heterocycles. The highest BCUT2D eigenvalue weighted by atomic mass is 32.2. The Morgan fingerprint density at radius 2 is 2.12 bits per heavy atom. The third-order valence-corrected chi connectivity index (χ3v) is 6.41. The Morgan fingerprint density at radius 1 is 1.33 bits per heavy atom. The number of aryl methyl sites for hydroxylation is 1. The molecule has 1 aliphatic heterocycles. The van der Waals surface area contributed by atoms with Crippen LogP contribution in [0.5, 0.6) is 0 Å². The average Bonchev–Trinajstić information content (AvgIpc) is 2.79. The lowest BCUT2D eigenvalue weighted by atomic mass is 10.2. The van der Waals surface area contributed by atoms with Crippen LogP contribution in [0, 0.1) is 6.92 Å². The standard InChI is InChI=1S/C18H22N2O2S2/c1-13-12-23-18(22)19(13)10-5-8-17(21)20-11-9-14(2)24-16-7-4-3-6-15(16)20/h3-4,6-7,12,14H,5,8-11H2,1-2H3/t14-/m1/s1. The summed E-state index contributed by atoms with van der Waals surface area (Å²) >= 11 is 3.06. The van der Waals surface area contributed by atoms with Crippen LogP contribution in [0.4, 0.5) is 5.69 Å². The molecule has 0 saturated heterocycles. The van der Waals surface area contributed by atoms with Gasteiger partial charge in [0.1, 0.15) is 0 Å². The Labute approximate surface area is 150 Å². The fourth-order valence-electron chi connectivity index (χ4n) is 2.94. The highest BCUT2D eigenvalue weighted by Gasteiger charge is 2.23. The van der Waals surface area contributed by atoms with Gasteiger partial charge in [-0.3, -0.25) is 9.59 Å². The molecular formula is C18H22N2O2S2. The van der Waals surface area contributed by atoms with Gasteiger partial charge in [0.15, 0.2) is 0 Å². The number of rotatable bonds is 4. The van der Waals surface area contributed by atoms with E-state index in [4.69, 9.17) is 0 Å². The van der Waals surface area contributed by atoms with Crippen molar-refractivity contribution < 1.29 is 4.79 Å². The van der Waals surface area contributed by atoms with Crippen LogP contribution in [-0.4, -0.2) is 22.3 Å². The van der Waals surface area contributed by atoms with Gasteiger partial charge in [0.25, 0.3) is 0 Å². The van der Waals surface area contributed by atoms with E-state index in [-0.39, 0.29) is 10.8 Å². The number of nitrogens with zero attached hydrogens (tertiary/aromatic N) is 2. The lowest BCUT2D eigenvalue weighted by molar-refractivity contribution is -0.118. The van der Waals surface area contributed by atoms with Crippen LogP contribution < -0.4 is 9.77 Å². The van der Waals surface area contributed by atoms with Crippen LogP contribution >= 0.6 is 23.1 Å². The van der Waals surface area contributed by atoms with E-state index in [1.807, 2.05) is 47.2 Å². The molecule has 0 fully saturated rings. The van der Waals surface area contributed by atoms with Crippen molar-refractivity contribution in [3.63, 3.8) is 0 Å². The van der Waals surface area contributed by atoms with Crippen LogP contribution in [0.15, 0.2) is 39.3 Å². The Morgan fingerprint density at radius 3 is 2.88 bits per heavy atom. The van der Waals surface area contributed by atoms with Gasteiger partial charge in [-0.1, -0.05) is 30.4 Å². The minimum atomic E-state index is 0.0605. The zero-order valence-electron chi connectivity index (χ0n) is 14.0. The first-order valence-corrected chi connectivity index (χ1v) is 10.0. The second-order valence-electron chi connectivity index (χ2n) is 6.13. The number of anilines is 1. The summed E-state index contributed by atoms with van der Waals surface area (Å²) in [7, 11) is 0. The molecule has 1 atom stereocenters. The smallest absolute Gasteiger partial charge is 0.307 e. The molecule has 0 spiro atoms. The van der Waals surface area contributed by atoms with E-state index in [1.54, 1.807) is 4.57 Å². The van der Waals surface area contributed by atoms with Crippen LogP contribution in [0.3, 0.4) is 0 Å². The van der Waals surface area contributed by atoms with Crippen molar-refractivity contribution in [2.24, 2.45) is 0 Å². The minimum absolute atomic E-state index is 0.0605. The van der Waals surface area contributed by atoms with E-state index in [0.29, 0.717) is 24.6 Å². The van der Waals surface area contributed by atoms with Crippen molar-refractivity contribution in [1.82, 2.24) is 4.57 Å². The van der Waals surface area contributed by atoms with Crippen molar-refractivity contribution in [3.05, 3.63) is 45.0 Å². The number of carbonyl (C=O) groups excluding carboxylic acids is 1. The quantitative estimate of drug-likeness (QED) is 0.828. The van der Waals surface area contributed by atoms with Crippen LogP contribution in [0.1, 0.15) is 31.9 Å². The zero-order chi connectivity index (χ0) is 17.1. The second-order valence-corrected chi connectivity index (χ2v) is 8.43. The molecule has 128 valence electrons. The van der Waals surface area contributed by atoms with Crippen molar-refractivity contribution >= 4 is 34.7 Å². The van der Waals surface area contributed by atoms with Gasteiger partial charge < -0.3 is 9.47 Å².